The molecule has 27 heavy (non-hydrogen) atoms. The number of carbonyl (C=O) groups is 4. The summed E-state index contributed by atoms with van der Waals surface area (Å²) < 4.78 is 0. The standard InChI is InChI=1S/C18H19ClN4O4/c1-2-8-22-16(25)17(26)23(18(22)27)11-15(24)21-9-7-20-10-14(21)12-5-3-4-6-13(12)19/h2-6,14,20H,1,7-11H2. The van der Waals surface area contributed by atoms with E-state index in [9.17, 15) is 19.2 Å². The van der Waals surface area contributed by atoms with Crippen LogP contribution in [0.2, 0.25) is 5.02 Å². The van der Waals surface area contributed by atoms with Crippen molar-refractivity contribution in [2.24, 2.45) is 0 Å². The highest BCUT2D eigenvalue weighted by molar-refractivity contribution is 6.45. The number of nitrogens with zero attached hydrogens (tertiary/aromatic N) is 3. The molecule has 5 amide bonds. The van der Waals surface area contributed by atoms with Crippen molar-refractivity contribution < 1.29 is 19.2 Å². The number of amides is 5. The number of piperazine rings is 1. The number of urea groups is 1. The fourth-order valence-electron chi connectivity index (χ4n) is 3.23. The number of carbonyl (C=O) groups excluding carboxylic acids is 4. The minimum absolute atomic E-state index is 0.0794. The van der Waals surface area contributed by atoms with Gasteiger partial charge in [0.15, 0.2) is 0 Å². The van der Waals surface area contributed by atoms with Crippen LogP contribution in [0.3, 0.4) is 0 Å². The third kappa shape index (κ3) is 3.58. The minimum Gasteiger partial charge on any atom is -0.331 e. The summed E-state index contributed by atoms with van der Waals surface area (Å²) in [6.07, 6.45) is 1.35. The van der Waals surface area contributed by atoms with Crippen LogP contribution in [0.15, 0.2) is 36.9 Å². The van der Waals surface area contributed by atoms with Crippen LogP contribution in [0.25, 0.3) is 0 Å². The van der Waals surface area contributed by atoms with Crippen LogP contribution in [0.5, 0.6) is 0 Å². The largest absolute Gasteiger partial charge is 0.335 e. The van der Waals surface area contributed by atoms with Crippen LogP contribution in [0.4, 0.5) is 4.79 Å². The maximum Gasteiger partial charge on any atom is 0.335 e. The lowest BCUT2D eigenvalue weighted by atomic mass is 10.0. The predicted octanol–water partition coefficient (Wildman–Crippen LogP) is 0.790. The van der Waals surface area contributed by atoms with E-state index in [-0.39, 0.29) is 12.6 Å². The molecule has 1 N–H and O–H groups in total. The van der Waals surface area contributed by atoms with Gasteiger partial charge in [0, 0.05) is 31.2 Å². The first-order valence-electron chi connectivity index (χ1n) is 8.48. The number of rotatable bonds is 5. The lowest BCUT2D eigenvalue weighted by Gasteiger charge is -2.37. The number of benzene rings is 1. The molecule has 1 unspecified atom stereocenters. The molecule has 0 aliphatic carbocycles. The third-order valence-corrected chi connectivity index (χ3v) is 4.91. The van der Waals surface area contributed by atoms with E-state index in [1.807, 2.05) is 12.1 Å². The number of halogens is 1. The maximum absolute atomic E-state index is 12.9. The number of nitrogens with one attached hydrogen (secondary N) is 1. The van der Waals surface area contributed by atoms with E-state index >= 15 is 0 Å². The molecule has 0 aromatic heterocycles. The van der Waals surface area contributed by atoms with Gasteiger partial charge in [0.1, 0.15) is 6.54 Å². The fourth-order valence-corrected chi connectivity index (χ4v) is 3.49. The summed E-state index contributed by atoms with van der Waals surface area (Å²) in [5, 5.41) is 3.75. The van der Waals surface area contributed by atoms with Crippen molar-refractivity contribution in [1.82, 2.24) is 20.0 Å². The average Bonchev–Trinajstić information content (AvgIpc) is 2.87. The molecule has 1 atom stereocenters. The summed E-state index contributed by atoms with van der Waals surface area (Å²) in [5.74, 6) is -2.37. The van der Waals surface area contributed by atoms with Crippen molar-refractivity contribution in [2.75, 3.05) is 32.7 Å². The smallest absolute Gasteiger partial charge is 0.331 e. The van der Waals surface area contributed by atoms with Crippen LogP contribution in [0, 0.1) is 0 Å². The number of imide groups is 2. The van der Waals surface area contributed by atoms with Crippen LogP contribution in [0.1, 0.15) is 11.6 Å². The minimum atomic E-state index is -1.00. The first-order valence-corrected chi connectivity index (χ1v) is 8.86. The van der Waals surface area contributed by atoms with E-state index in [1.54, 1.807) is 17.0 Å². The van der Waals surface area contributed by atoms with Gasteiger partial charge in [-0.2, -0.15) is 0 Å². The monoisotopic (exact) mass is 390 g/mol. The van der Waals surface area contributed by atoms with Crippen molar-refractivity contribution >= 4 is 35.4 Å². The molecule has 142 valence electrons. The number of hydrogen-bond donors (Lipinski definition) is 1. The van der Waals surface area contributed by atoms with Gasteiger partial charge < -0.3 is 10.2 Å². The van der Waals surface area contributed by atoms with Crippen molar-refractivity contribution in [1.29, 1.82) is 0 Å². The van der Waals surface area contributed by atoms with Gasteiger partial charge in [-0.15, -0.1) is 6.58 Å². The van der Waals surface area contributed by atoms with E-state index in [0.717, 1.165) is 10.5 Å². The van der Waals surface area contributed by atoms with Crippen LogP contribution in [-0.2, 0) is 14.4 Å². The molecule has 9 heteroatoms. The second kappa shape index (κ2) is 7.89. The van der Waals surface area contributed by atoms with Gasteiger partial charge in [-0.05, 0) is 11.6 Å². The second-order valence-corrected chi connectivity index (χ2v) is 6.61. The molecule has 3 rings (SSSR count). The van der Waals surface area contributed by atoms with Gasteiger partial charge in [0.2, 0.25) is 5.91 Å². The Kier molecular flexibility index (Phi) is 5.57. The zero-order valence-corrected chi connectivity index (χ0v) is 15.3. The SMILES string of the molecule is C=CCN1C(=O)C(=O)N(CC(=O)N2CCNCC2c2ccccc2Cl)C1=O. The highest BCUT2D eigenvalue weighted by Crippen LogP contribution is 2.28. The van der Waals surface area contributed by atoms with Crippen LogP contribution >= 0.6 is 11.6 Å². The molecular formula is C18H19ClN4O4. The van der Waals surface area contributed by atoms with Crippen LogP contribution < -0.4 is 5.32 Å². The van der Waals surface area contributed by atoms with Crippen molar-refractivity contribution in [3.8, 4) is 0 Å². The molecule has 2 heterocycles. The molecule has 0 saturated carbocycles. The summed E-state index contributed by atoms with van der Waals surface area (Å²) in [6, 6.07) is 6.08. The molecular weight excluding hydrogens is 372 g/mol. The Bertz CT molecular complexity index is 812. The highest BCUT2D eigenvalue weighted by atomic mass is 35.5. The maximum atomic E-state index is 12.9. The average molecular weight is 391 g/mol. The fraction of sp³-hybridized carbons (Fsp3) is 0.333. The van der Waals surface area contributed by atoms with E-state index in [2.05, 4.69) is 11.9 Å². The molecule has 0 bridgehead atoms. The summed E-state index contributed by atoms with van der Waals surface area (Å²) in [6.45, 7) is 4.37. The molecule has 1 aromatic rings. The molecule has 1 aromatic carbocycles. The van der Waals surface area contributed by atoms with Gasteiger partial charge in [-0.25, -0.2) is 9.69 Å². The zero-order valence-electron chi connectivity index (χ0n) is 14.6. The Labute approximate surface area is 161 Å². The van der Waals surface area contributed by atoms with Gasteiger partial charge in [0.25, 0.3) is 0 Å². The normalized spacial score (nSPS) is 20.4. The molecule has 8 nitrogen and oxygen atoms in total. The molecule has 0 spiro atoms. The van der Waals surface area contributed by atoms with E-state index in [4.69, 9.17) is 11.6 Å². The van der Waals surface area contributed by atoms with E-state index < -0.39 is 30.3 Å². The Morgan fingerprint density at radius 1 is 1.22 bits per heavy atom. The first kappa shape index (κ1) is 19.1. The molecule has 0 radical (unpaired) electrons. The third-order valence-electron chi connectivity index (χ3n) is 4.57. The molecule has 2 fully saturated rings. The van der Waals surface area contributed by atoms with Gasteiger partial charge in [-0.3, -0.25) is 19.3 Å². The summed E-state index contributed by atoms with van der Waals surface area (Å²) in [7, 11) is 0. The predicted molar refractivity (Wildman–Crippen MR) is 97.8 cm³/mol. The first-order chi connectivity index (χ1) is 13.0. The van der Waals surface area contributed by atoms with Crippen molar-refractivity contribution in [3.63, 3.8) is 0 Å². The summed E-state index contributed by atoms with van der Waals surface area (Å²) >= 11 is 6.27. The lowest BCUT2D eigenvalue weighted by Crippen LogP contribution is -2.52. The van der Waals surface area contributed by atoms with Gasteiger partial charge in [-0.1, -0.05) is 35.9 Å². The Balaban J connectivity index is 1.79. The van der Waals surface area contributed by atoms with Crippen molar-refractivity contribution in [3.05, 3.63) is 47.5 Å². The Morgan fingerprint density at radius 3 is 2.63 bits per heavy atom. The second-order valence-electron chi connectivity index (χ2n) is 6.21. The molecule has 2 aliphatic rings. The number of hydrogen-bond acceptors (Lipinski definition) is 5. The molecule has 2 aliphatic heterocycles. The summed E-state index contributed by atoms with van der Waals surface area (Å²) in [5.41, 5.74) is 0.781. The Morgan fingerprint density at radius 2 is 1.93 bits per heavy atom. The quantitative estimate of drug-likeness (QED) is 0.456. The highest BCUT2D eigenvalue weighted by Gasteiger charge is 2.45. The summed E-state index contributed by atoms with van der Waals surface area (Å²) in [4.78, 5) is 52.2. The zero-order chi connectivity index (χ0) is 19.6. The van der Waals surface area contributed by atoms with Crippen LogP contribution in [-0.4, -0.2) is 71.2 Å². The van der Waals surface area contributed by atoms with Crippen molar-refractivity contribution in [2.45, 2.75) is 6.04 Å². The topological polar surface area (TPSA) is 90.0 Å². The van der Waals surface area contributed by atoms with Gasteiger partial charge >= 0.3 is 17.8 Å². The Hall–Kier alpha value is -2.71. The van der Waals surface area contributed by atoms with E-state index in [1.165, 1.54) is 6.08 Å². The van der Waals surface area contributed by atoms with E-state index in [0.29, 0.717) is 29.6 Å². The molecule has 2 saturated heterocycles. The lowest BCUT2D eigenvalue weighted by molar-refractivity contribution is -0.145. The van der Waals surface area contributed by atoms with Gasteiger partial charge in [0.05, 0.1) is 6.04 Å².